The summed E-state index contributed by atoms with van der Waals surface area (Å²) in [6.45, 7) is 4.25. The van der Waals surface area contributed by atoms with Gasteiger partial charge in [-0.05, 0) is 35.2 Å². The monoisotopic (exact) mass is 308 g/mol. The van der Waals surface area contributed by atoms with Crippen LogP contribution < -0.4 is 0 Å². The first-order valence-electron chi connectivity index (χ1n) is 4.30. The van der Waals surface area contributed by atoms with Crippen molar-refractivity contribution in [2.24, 2.45) is 13.0 Å². The van der Waals surface area contributed by atoms with E-state index in [0.29, 0.717) is 5.92 Å². The Labute approximate surface area is 96.0 Å². The van der Waals surface area contributed by atoms with Crippen molar-refractivity contribution < 1.29 is 0 Å². The van der Waals surface area contributed by atoms with Crippen molar-refractivity contribution in [1.29, 1.82) is 0 Å². The fraction of sp³-hybridized carbons (Fsp3) is 0.667. The third kappa shape index (κ3) is 2.56. The zero-order chi connectivity index (χ0) is 10.0. The molecule has 1 heterocycles. The molecule has 0 N–H and O–H groups in total. The van der Waals surface area contributed by atoms with Gasteiger partial charge in [0, 0.05) is 12.4 Å². The van der Waals surface area contributed by atoms with Gasteiger partial charge in [0.15, 0.2) is 0 Å². The van der Waals surface area contributed by atoms with E-state index in [-0.39, 0.29) is 0 Å². The van der Waals surface area contributed by atoms with E-state index in [9.17, 15) is 0 Å². The highest BCUT2D eigenvalue weighted by molar-refractivity contribution is 9.10. The summed E-state index contributed by atoms with van der Waals surface area (Å²) in [5, 5.41) is 5.38. The molecule has 74 valence electrons. The molecule has 1 aromatic rings. The largest absolute Gasteiger partial charge is 0.271 e. The zero-order valence-corrected chi connectivity index (χ0v) is 11.3. The lowest BCUT2D eigenvalue weighted by molar-refractivity contribution is 0.603. The van der Waals surface area contributed by atoms with Crippen LogP contribution in [-0.4, -0.2) is 15.1 Å². The lowest BCUT2D eigenvalue weighted by Gasteiger charge is -2.07. The van der Waals surface area contributed by atoms with Crippen molar-refractivity contribution in [3.8, 4) is 0 Å². The summed E-state index contributed by atoms with van der Waals surface area (Å²) < 4.78 is 3.11. The maximum absolute atomic E-state index is 4.35. The van der Waals surface area contributed by atoms with Gasteiger partial charge in [-0.25, -0.2) is 0 Å². The molecule has 0 aliphatic rings. The fourth-order valence-corrected chi connectivity index (χ4v) is 2.01. The lowest BCUT2D eigenvalue weighted by atomic mass is 10.1. The van der Waals surface area contributed by atoms with Crippen molar-refractivity contribution in [3.63, 3.8) is 0 Å². The Morgan fingerprint density at radius 2 is 2.15 bits per heavy atom. The molecule has 0 spiro atoms. The summed E-state index contributed by atoms with van der Waals surface area (Å²) in [5.74, 6) is 0.645. The first kappa shape index (κ1) is 11.2. The Morgan fingerprint density at radius 1 is 1.54 bits per heavy atom. The number of alkyl halides is 1. The summed E-state index contributed by atoms with van der Waals surface area (Å²) in [7, 11) is 1.99. The average Bonchev–Trinajstić information content (AvgIpc) is 2.32. The second-order valence-corrected chi connectivity index (χ2v) is 4.87. The fourth-order valence-electron chi connectivity index (χ4n) is 1.29. The van der Waals surface area contributed by atoms with Crippen LogP contribution in [0.25, 0.3) is 0 Å². The van der Waals surface area contributed by atoms with Gasteiger partial charge in [0.05, 0.1) is 15.9 Å². The van der Waals surface area contributed by atoms with Crippen molar-refractivity contribution in [2.75, 3.05) is 5.33 Å². The number of aromatic nitrogens is 2. The second-order valence-electron chi connectivity index (χ2n) is 3.43. The van der Waals surface area contributed by atoms with Gasteiger partial charge < -0.3 is 0 Å². The molecule has 0 saturated heterocycles. The molecule has 0 aromatic carbocycles. The van der Waals surface area contributed by atoms with E-state index in [0.717, 1.165) is 21.9 Å². The van der Waals surface area contributed by atoms with E-state index in [1.807, 2.05) is 18.7 Å². The highest BCUT2D eigenvalue weighted by Crippen LogP contribution is 2.23. The minimum absolute atomic E-state index is 0.645. The third-order valence-electron chi connectivity index (χ3n) is 2.07. The summed E-state index contributed by atoms with van der Waals surface area (Å²) in [6.07, 6.45) is 1.06. The van der Waals surface area contributed by atoms with Crippen LogP contribution in [0, 0.1) is 12.8 Å². The molecule has 1 unspecified atom stereocenters. The Balaban J connectivity index is 2.87. The number of nitrogens with zero attached hydrogens (tertiary/aromatic N) is 2. The summed E-state index contributed by atoms with van der Waals surface area (Å²) >= 11 is 7.04. The smallest absolute Gasteiger partial charge is 0.0738 e. The standard InChI is InChI=1S/C9H14Br2N2/c1-6(5-10)4-8-9(11)7(2)12-13(8)3/h6H,4-5H2,1-3H3. The van der Waals surface area contributed by atoms with Gasteiger partial charge in [0.2, 0.25) is 0 Å². The molecule has 2 nitrogen and oxygen atoms in total. The average molecular weight is 310 g/mol. The Hall–Kier alpha value is 0.170. The maximum Gasteiger partial charge on any atom is 0.0738 e. The number of aryl methyl sites for hydroxylation is 2. The third-order valence-corrected chi connectivity index (χ3v) is 4.20. The minimum Gasteiger partial charge on any atom is -0.271 e. The minimum atomic E-state index is 0.645. The zero-order valence-electron chi connectivity index (χ0n) is 8.14. The lowest BCUT2D eigenvalue weighted by Crippen LogP contribution is -2.06. The first-order valence-corrected chi connectivity index (χ1v) is 6.21. The molecule has 0 amide bonds. The van der Waals surface area contributed by atoms with Crippen LogP contribution in [0.4, 0.5) is 0 Å². The number of halogens is 2. The van der Waals surface area contributed by atoms with E-state index < -0.39 is 0 Å². The first-order chi connectivity index (χ1) is 6.06. The summed E-state index contributed by atoms with van der Waals surface area (Å²) in [6, 6.07) is 0. The second kappa shape index (κ2) is 4.60. The van der Waals surface area contributed by atoms with Gasteiger partial charge in [0.1, 0.15) is 0 Å². The molecule has 0 fully saturated rings. The van der Waals surface area contributed by atoms with Crippen molar-refractivity contribution in [2.45, 2.75) is 20.3 Å². The predicted octanol–water partition coefficient (Wildman–Crippen LogP) is 3.06. The highest BCUT2D eigenvalue weighted by Gasteiger charge is 2.12. The van der Waals surface area contributed by atoms with Crippen LogP contribution in [0.1, 0.15) is 18.3 Å². The topological polar surface area (TPSA) is 17.8 Å². The van der Waals surface area contributed by atoms with E-state index in [1.54, 1.807) is 0 Å². The highest BCUT2D eigenvalue weighted by atomic mass is 79.9. The van der Waals surface area contributed by atoms with Crippen LogP contribution in [0.5, 0.6) is 0 Å². The molecule has 0 aliphatic heterocycles. The van der Waals surface area contributed by atoms with Gasteiger partial charge in [-0.3, -0.25) is 4.68 Å². The molecule has 1 rings (SSSR count). The molecule has 1 aromatic heterocycles. The van der Waals surface area contributed by atoms with E-state index >= 15 is 0 Å². The normalized spacial score (nSPS) is 13.3. The van der Waals surface area contributed by atoms with Gasteiger partial charge in [-0.1, -0.05) is 22.9 Å². The quantitative estimate of drug-likeness (QED) is 0.785. The van der Waals surface area contributed by atoms with Gasteiger partial charge in [0.25, 0.3) is 0 Å². The van der Waals surface area contributed by atoms with Crippen molar-refractivity contribution in [1.82, 2.24) is 9.78 Å². The molecule has 0 radical (unpaired) electrons. The summed E-state index contributed by atoms with van der Waals surface area (Å²) in [4.78, 5) is 0. The van der Waals surface area contributed by atoms with E-state index in [4.69, 9.17) is 0 Å². The Bertz CT molecular complexity index is 294. The Kier molecular flexibility index (Phi) is 3.98. The maximum atomic E-state index is 4.35. The molecule has 1 atom stereocenters. The molecule has 4 heteroatoms. The molecule has 0 saturated carbocycles. The van der Waals surface area contributed by atoms with Gasteiger partial charge in [-0.2, -0.15) is 5.10 Å². The predicted molar refractivity (Wildman–Crippen MR) is 62.3 cm³/mol. The van der Waals surface area contributed by atoms with E-state index in [1.165, 1.54) is 5.69 Å². The van der Waals surface area contributed by atoms with Crippen molar-refractivity contribution in [3.05, 3.63) is 15.9 Å². The Morgan fingerprint density at radius 3 is 2.54 bits per heavy atom. The van der Waals surface area contributed by atoms with E-state index in [2.05, 4.69) is 43.9 Å². The SMILES string of the molecule is Cc1nn(C)c(CC(C)CBr)c1Br. The van der Waals surface area contributed by atoms with Crippen molar-refractivity contribution >= 4 is 31.9 Å². The summed E-state index contributed by atoms with van der Waals surface area (Å²) in [5.41, 5.74) is 2.35. The molecular formula is C9H14Br2N2. The van der Waals surface area contributed by atoms with Gasteiger partial charge >= 0.3 is 0 Å². The van der Waals surface area contributed by atoms with Crippen LogP contribution in [0.2, 0.25) is 0 Å². The molecular weight excluding hydrogens is 296 g/mol. The molecule has 0 bridgehead atoms. The van der Waals surface area contributed by atoms with Crippen LogP contribution >= 0.6 is 31.9 Å². The molecule has 0 aliphatic carbocycles. The van der Waals surface area contributed by atoms with Crippen LogP contribution in [0.3, 0.4) is 0 Å². The van der Waals surface area contributed by atoms with Crippen LogP contribution in [0.15, 0.2) is 4.47 Å². The number of hydrogen-bond acceptors (Lipinski definition) is 1. The number of hydrogen-bond donors (Lipinski definition) is 0. The number of rotatable bonds is 3. The molecule has 13 heavy (non-hydrogen) atoms. The van der Waals surface area contributed by atoms with Gasteiger partial charge in [-0.15, -0.1) is 0 Å². The van der Waals surface area contributed by atoms with Crippen LogP contribution in [-0.2, 0) is 13.5 Å².